The minimum atomic E-state index is 0.609. The molecular formula is C12H13Cl2N3. The van der Waals surface area contributed by atoms with Gasteiger partial charge in [0.05, 0.1) is 11.9 Å². The molecule has 3 nitrogen and oxygen atoms in total. The van der Waals surface area contributed by atoms with Crippen molar-refractivity contribution in [1.29, 1.82) is 0 Å². The van der Waals surface area contributed by atoms with E-state index in [2.05, 4.69) is 10.4 Å². The molecule has 1 heterocycles. The summed E-state index contributed by atoms with van der Waals surface area (Å²) >= 11 is 12.0. The van der Waals surface area contributed by atoms with Crippen LogP contribution in [0.2, 0.25) is 10.0 Å². The van der Waals surface area contributed by atoms with Crippen LogP contribution in [0.15, 0.2) is 24.4 Å². The number of rotatable bonds is 3. The van der Waals surface area contributed by atoms with Gasteiger partial charge in [-0.3, -0.25) is 0 Å². The van der Waals surface area contributed by atoms with Crippen molar-refractivity contribution in [2.75, 3.05) is 7.05 Å². The Bertz CT molecular complexity index is 514. The van der Waals surface area contributed by atoms with Crippen molar-refractivity contribution in [2.45, 2.75) is 13.5 Å². The molecule has 0 aliphatic carbocycles. The van der Waals surface area contributed by atoms with Gasteiger partial charge in [0.1, 0.15) is 0 Å². The second-order valence-corrected chi connectivity index (χ2v) is 4.70. The number of aromatic nitrogens is 2. The molecule has 0 aliphatic heterocycles. The van der Waals surface area contributed by atoms with Gasteiger partial charge in [0.2, 0.25) is 0 Å². The molecule has 1 N–H and O–H groups in total. The summed E-state index contributed by atoms with van der Waals surface area (Å²) in [6.45, 7) is 2.81. The Morgan fingerprint density at radius 1 is 1.24 bits per heavy atom. The van der Waals surface area contributed by atoms with Crippen LogP contribution in [0.4, 0.5) is 0 Å². The number of benzene rings is 1. The van der Waals surface area contributed by atoms with Crippen LogP contribution in [-0.4, -0.2) is 16.8 Å². The molecule has 1 aromatic carbocycles. The maximum atomic E-state index is 5.98. The summed E-state index contributed by atoms with van der Waals surface area (Å²) in [4.78, 5) is 0. The average molecular weight is 270 g/mol. The molecule has 0 saturated carbocycles. The lowest BCUT2D eigenvalue weighted by Crippen LogP contribution is -2.06. The van der Waals surface area contributed by atoms with Crippen molar-refractivity contribution >= 4 is 23.2 Å². The summed E-state index contributed by atoms with van der Waals surface area (Å²) in [7, 11) is 1.91. The van der Waals surface area contributed by atoms with Gasteiger partial charge in [0.15, 0.2) is 0 Å². The van der Waals surface area contributed by atoms with Crippen LogP contribution < -0.4 is 5.32 Å². The molecule has 0 fully saturated rings. The summed E-state index contributed by atoms with van der Waals surface area (Å²) in [5.74, 6) is 0. The molecule has 2 rings (SSSR count). The number of hydrogen-bond acceptors (Lipinski definition) is 2. The highest BCUT2D eigenvalue weighted by Crippen LogP contribution is 2.23. The fraction of sp³-hybridized carbons (Fsp3) is 0.250. The fourth-order valence-corrected chi connectivity index (χ4v) is 2.24. The van der Waals surface area contributed by atoms with Gasteiger partial charge in [-0.2, -0.15) is 5.10 Å². The van der Waals surface area contributed by atoms with E-state index in [1.54, 1.807) is 6.07 Å². The van der Waals surface area contributed by atoms with E-state index < -0.39 is 0 Å². The van der Waals surface area contributed by atoms with Gasteiger partial charge in [-0.1, -0.05) is 23.2 Å². The van der Waals surface area contributed by atoms with Crippen molar-refractivity contribution < 1.29 is 0 Å². The zero-order chi connectivity index (χ0) is 12.4. The first-order valence-electron chi connectivity index (χ1n) is 5.26. The number of hydrogen-bond donors (Lipinski definition) is 1. The van der Waals surface area contributed by atoms with Crippen LogP contribution in [0.25, 0.3) is 5.69 Å². The fourth-order valence-electron chi connectivity index (χ4n) is 1.73. The molecule has 0 unspecified atom stereocenters. The van der Waals surface area contributed by atoms with Gasteiger partial charge in [-0.05, 0) is 32.2 Å². The highest BCUT2D eigenvalue weighted by molar-refractivity contribution is 6.34. The van der Waals surface area contributed by atoms with Gasteiger partial charge in [0, 0.05) is 27.8 Å². The van der Waals surface area contributed by atoms with Crippen molar-refractivity contribution in [3.05, 3.63) is 45.7 Å². The van der Waals surface area contributed by atoms with Crippen LogP contribution >= 0.6 is 23.2 Å². The molecule has 0 bridgehead atoms. The summed E-state index contributed by atoms with van der Waals surface area (Å²) < 4.78 is 1.84. The third-order valence-electron chi connectivity index (χ3n) is 2.57. The van der Waals surface area contributed by atoms with Crippen LogP contribution in [0.5, 0.6) is 0 Å². The Balaban J connectivity index is 2.45. The molecule has 0 atom stereocenters. The van der Waals surface area contributed by atoms with Crippen LogP contribution in [-0.2, 0) is 6.54 Å². The molecular weight excluding hydrogens is 257 g/mol. The van der Waals surface area contributed by atoms with E-state index in [0.29, 0.717) is 10.0 Å². The summed E-state index contributed by atoms with van der Waals surface area (Å²) in [6.07, 6.45) is 1.85. The van der Waals surface area contributed by atoms with Crippen LogP contribution in [0.1, 0.15) is 11.3 Å². The summed E-state index contributed by atoms with van der Waals surface area (Å²) in [5, 5.41) is 8.67. The van der Waals surface area contributed by atoms with Crippen molar-refractivity contribution in [1.82, 2.24) is 15.1 Å². The summed E-state index contributed by atoms with van der Waals surface area (Å²) in [6, 6.07) is 5.40. The van der Waals surface area contributed by atoms with Crippen LogP contribution in [0, 0.1) is 6.92 Å². The third-order valence-corrected chi connectivity index (χ3v) is 3.01. The molecule has 0 radical (unpaired) electrons. The van der Waals surface area contributed by atoms with Gasteiger partial charge >= 0.3 is 0 Å². The van der Waals surface area contributed by atoms with E-state index in [0.717, 1.165) is 23.5 Å². The second-order valence-electron chi connectivity index (χ2n) is 3.82. The Kier molecular flexibility index (Phi) is 3.72. The highest BCUT2D eigenvalue weighted by atomic mass is 35.5. The minimum Gasteiger partial charge on any atom is -0.316 e. The standard InChI is InChI=1S/C12H13Cl2N3/c1-8-9(6-15-2)7-16-17(8)12-4-10(13)3-11(14)5-12/h3-5,7,15H,6H2,1-2H3. The number of nitrogens with zero attached hydrogens (tertiary/aromatic N) is 2. The highest BCUT2D eigenvalue weighted by Gasteiger charge is 2.08. The van der Waals surface area contributed by atoms with E-state index in [1.165, 1.54) is 0 Å². The van der Waals surface area contributed by atoms with Gasteiger partial charge < -0.3 is 5.32 Å². The molecule has 17 heavy (non-hydrogen) atoms. The molecule has 90 valence electrons. The third kappa shape index (κ3) is 2.63. The topological polar surface area (TPSA) is 29.9 Å². The molecule has 0 spiro atoms. The molecule has 5 heteroatoms. The SMILES string of the molecule is CNCc1cnn(-c2cc(Cl)cc(Cl)c2)c1C. The lowest BCUT2D eigenvalue weighted by molar-refractivity contribution is 0.801. The van der Waals surface area contributed by atoms with Crippen LogP contribution in [0.3, 0.4) is 0 Å². The normalized spacial score (nSPS) is 10.8. The monoisotopic (exact) mass is 269 g/mol. The van der Waals surface area contributed by atoms with Crippen molar-refractivity contribution in [3.63, 3.8) is 0 Å². The molecule has 2 aromatic rings. The Morgan fingerprint density at radius 3 is 2.47 bits per heavy atom. The van der Waals surface area contributed by atoms with E-state index >= 15 is 0 Å². The van der Waals surface area contributed by atoms with E-state index in [4.69, 9.17) is 23.2 Å². The number of nitrogens with one attached hydrogen (secondary N) is 1. The molecule has 0 amide bonds. The second kappa shape index (κ2) is 5.08. The first-order valence-corrected chi connectivity index (χ1v) is 6.02. The minimum absolute atomic E-state index is 0.609. The number of halogens is 2. The Labute approximate surface area is 110 Å². The lowest BCUT2D eigenvalue weighted by Gasteiger charge is -2.06. The van der Waals surface area contributed by atoms with Gasteiger partial charge in [0.25, 0.3) is 0 Å². The smallest absolute Gasteiger partial charge is 0.0678 e. The van der Waals surface area contributed by atoms with Gasteiger partial charge in [-0.25, -0.2) is 4.68 Å². The van der Waals surface area contributed by atoms with Gasteiger partial charge in [-0.15, -0.1) is 0 Å². The van der Waals surface area contributed by atoms with E-state index in [1.807, 2.05) is 37.0 Å². The Hall–Kier alpha value is -1.03. The van der Waals surface area contributed by atoms with E-state index in [9.17, 15) is 0 Å². The molecule has 1 aromatic heterocycles. The predicted molar refractivity (Wildman–Crippen MR) is 71.1 cm³/mol. The van der Waals surface area contributed by atoms with E-state index in [-0.39, 0.29) is 0 Å². The first-order chi connectivity index (χ1) is 8.11. The zero-order valence-electron chi connectivity index (χ0n) is 9.67. The largest absolute Gasteiger partial charge is 0.316 e. The molecule has 0 saturated heterocycles. The average Bonchev–Trinajstić information content (AvgIpc) is 2.60. The maximum absolute atomic E-state index is 5.98. The molecule has 0 aliphatic rings. The first kappa shape index (κ1) is 12.4. The predicted octanol–water partition coefficient (Wildman–Crippen LogP) is 3.21. The maximum Gasteiger partial charge on any atom is 0.0678 e. The zero-order valence-corrected chi connectivity index (χ0v) is 11.2. The quantitative estimate of drug-likeness (QED) is 0.928. The Morgan fingerprint density at radius 2 is 1.88 bits per heavy atom. The van der Waals surface area contributed by atoms with Crippen molar-refractivity contribution in [3.8, 4) is 5.69 Å². The van der Waals surface area contributed by atoms with Crippen molar-refractivity contribution in [2.24, 2.45) is 0 Å². The lowest BCUT2D eigenvalue weighted by atomic mass is 10.2. The summed E-state index contributed by atoms with van der Waals surface area (Å²) in [5.41, 5.74) is 3.11.